The average Bonchev–Trinajstić information content (AvgIpc) is 3.39. The zero-order valence-corrected chi connectivity index (χ0v) is 14.0. The highest BCUT2D eigenvalue weighted by Crippen LogP contribution is 2.20. The Balaban J connectivity index is 1.58. The van der Waals surface area contributed by atoms with E-state index in [1.165, 1.54) is 0 Å². The Bertz CT molecular complexity index is 672. The Morgan fingerprint density at radius 1 is 1.16 bits per heavy atom. The molecule has 134 valence electrons. The fourth-order valence-electron chi connectivity index (χ4n) is 3.08. The minimum Gasteiger partial charge on any atom is -0.480 e. The summed E-state index contributed by atoms with van der Waals surface area (Å²) in [5.41, 5.74) is 1.04. The topological polar surface area (TPSA) is 98.7 Å². The number of carboxylic acids is 1. The van der Waals surface area contributed by atoms with E-state index in [0.717, 1.165) is 25.7 Å². The number of carboxylic acid groups (broad SMARTS) is 1. The van der Waals surface area contributed by atoms with Crippen LogP contribution in [0.2, 0.25) is 0 Å². The van der Waals surface area contributed by atoms with E-state index in [2.05, 4.69) is 10.6 Å². The second kappa shape index (κ2) is 7.65. The molecule has 1 atom stereocenters. The zero-order valence-electron chi connectivity index (χ0n) is 14.0. The van der Waals surface area contributed by atoms with Crippen LogP contribution in [-0.4, -0.2) is 53.0 Å². The van der Waals surface area contributed by atoms with Gasteiger partial charge in [0.1, 0.15) is 6.04 Å². The first-order valence-electron chi connectivity index (χ1n) is 8.70. The third-order valence-corrected chi connectivity index (χ3v) is 4.57. The average molecular weight is 345 g/mol. The van der Waals surface area contributed by atoms with Crippen LogP contribution in [0.15, 0.2) is 24.3 Å². The van der Waals surface area contributed by atoms with Crippen molar-refractivity contribution in [2.75, 3.05) is 18.4 Å². The first-order valence-corrected chi connectivity index (χ1v) is 8.70. The number of piperidine rings is 1. The summed E-state index contributed by atoms with van der Waals surface area (Å²) in [6, 6.07) is 6.46. The van der Waals surface area contributed by atoms with Gasteiger partial charge >= 0.3 is 5.97 Å². The molecule has 0 spiro atoms. The molecular formula is C18H23N3O4. The number of carbonyl (C=O) groups excluding carboxylic acids is 2. The van der Waals surface area contributed by atoms with Crippen molar-refractivity contribution in [2.45, 2.75) is 44.2 Å². The molecule has 1 saturated carbocycles. The normalized spacial score (nSPS) is 20.7. The second-order valence-corrected chi connectivity index (χ2v) is 6.70. The molecule has 1 aliphatic carbocycles. The number of aliphatic carboxylic acids is 1. The molecule has 0 radical (unpaired) electrons. The van der Waals surface area contributed by atoms with E-state index >= 15 is 0 Å². The van der Waals surface area contributed by atoms with Crippen LogP contribution in [-0.2, 0) is 9.59 Å². The summed E-state index contributed by atoms with van der Waals surface area (Å²) in [5.74, 6) is -1.29. The van der Waals surface area contributed by atoms with Gasteiger partial charge in [0.05, 0.1) is 6.54 Å². The molecule has 7 nitrogen and oxygen atoms in total. The monoisotopic (exact) mass is 345 g/mol. The number of nitrogens with one attached hydrogen (secondary N) is 2. The van der Waals surface area contributed by atoms with Crippen LogP contribution in [0.3, 0.4) is 0 Å². The van der Waals surface area contributed by atoms with Gasteiger partial charge in [-0.15, -0.1) is 0 Å². The van der Waals surface area contributed by atoms with E-state index in [1.807, 2.05) is 0 Å². The van der Waals surface area contributed by atoms with Gasteiger partial charge < -0.3 is 15.7 Å². The third-order valence-electron chi connectivity index (χ3n) is 4.57. The van der Waals surface area contributed by atoms with Crippen molar-refractivity contribution >= 4 is 23.5 Å². The molecule has 3 rings (SSSR count). The van der Waals surface area contributed by atoms with E-state index in [0.29, 0.717) is 24.2 Å². The number of anilines is 1. The molecule has 1 aromatic carbocycles. The lowest BCUT2D eigenvalue weighted by Crippen LogP contribution is -2.47. The molecule has 1 unspecified atom stereocenters. The SMILES string of the molecule is O=C(CN1CCCCC1C(=O)O)Nc1cccc(C(=O)NC2CC2)c1. The lowest BCUT2D eigenvalue weighted by Gasteiger charge is -2.32. The van der Waals surface area contributed by atoms with Gasteiger partial charge in [0.15, 0.2) is 0 Å². The van der Waals surface area contributed by atoms with Crippen molar-refractivity contribution in [1.29, 1.82) is 0 Å². The maximum Gasteiger partial charge on any atom is 0.320 e. The molecule has 1 aliphatic heterocycles. The standard InChI is InChI=1S/C18H23N3O4/c22-16(11-21-9-2-1-6-15(21)18(24)25)19-14-5-3-4-12(10-14)17(23)20-13-7-8-13/h3-5,10,13,15H,1-2,6-9,11H2,(H,19,22)(H,20,23)(H,24,25). The highest BCUT2D eigenvalue weighted by molar-refractivity contribution is 5.98. The summed E-state index contributed by atoms with van der Waals surface area (Å²) < 4.78 is 0. The molecule has 3 N–H and O–H groups in total. The molecule has 7 heteroatoms. The number of rotatable bonds is 6. The predicted molar refractivity (Wildman–Crippen MR) is 92.4 cm³/mol. The Kier molecular flexibility index (Phi) is 5.33. The fraction of sp³-hybridized carbons (Fsp3) is 0.500. The molecule has 1 aromatic rings. The summed E-state index contributed by atoms with van der Waals surface area (Å²) in [5, 5.41) is 14.9. The van der Waals surface area contributed by atoms with E-state index in [9.17, 15) is 19.5 Å². The van der Waals surface area contributed by atoms with Gasteiger partial charge in [-0.25, -0.2) is 0 Å². The smallest absolute Gasteiger partial charge is 0.320 e. The number of carbonyl (C=O) groups is 3. The molecule has 2 fully saturated rings. The van der Waals surface area contributed by atoms with Crippen molar-refractivity contribution in [3.05, 3.63) is 29.8 Å². The summed E-state index contributed by atoms with van der Waals surface area (Å²) in [6.07, 6.45) is 4.37. The maximum atomic E-state index is 12.3. The number of nitrogens with zero attached hydrogens (tertiary/aromatic N) is 1. The van der Waals surface area contributed by atoms with Gasteiger partial charge in [-0.05, 0) is 50.4 Å². The molecule has 2 amide bonds. The van der Waals surface area contributed by atoms with Crippen LogP contribution in [0.25, 0.3) is 0 Å². The zero-order chi connectivity index (χ0) is 17.8. The van der Waals surface area contributed by atoms with E-state index in [4.69, 9.17) is 0 Å². The van der Waals surface area contributed by atoms with Crippen LogP contribution in [0.5, 0.6) is 0 Å². The van der Waals surface area contributed by atoms with Gasteiger partial charge in [-0.1, -0.05) is 12.5 Å². The van der Waals surface area contributed by atoms with Crippen LogP contribution in [0.1, 0.15) is 42.5 Å². The highest BCUT2D eigenvalue weighted by atomic mass is 16.4. The van der Waals surface area contributed by atoms with E-state index in [-0.39, 0.29) is 24.4 Å². The molecule has 1 heterocycles. The van der Waals surface area contributed by atoms with Gasteiger partial charge in [0, 0.05) is 17.3 Å². The Labute approximate surface area is 146 Å². The number of hydrogen-bond acceptors (Lipinski definition) is 4. The largest absolute Gasteiger partial charge is 0.480 e. The first-order chi connectivity index (χ1) is 12.0. The first kappa shape index (κ1) is 17.4. The molecule has 1 saturated heterocycles. The number of hydrogen-bond donors (Lipinski definition) is 3. The van der Waals surface area contributed by atoms with Gasteiger partial charge in [0.25, 0.3) is 5.91 Å². The number of likely N-dealkylation sites (tertiary alicyclic amines) is 1. The fourth-order valence-corrected chi connectivity index (χ4v) is 3.08. The van der Waals surface area contributed by atoms with Gasteiger partial charge in [0.2, 0.25) is 5.91 Å². The predicted octanol–water partition coefficient (Wildman–Crippen LogP) is 1.46. The van der Waals surface area contributed by atoms with Crippen LogP contribution < -0.4 is 10.6 Å². The molecule has 2 aliphatic rings. The second-order valence-electron chi connectivity index (χ2n) is 6.70. The van der Waals surface area contributed by atoms with Crippen LogP contribution in [0.4, 0.5) is 5.69 Å². The van der Waals surface area contributed by atoms with Gasteiger partial charge in [-0.3, -0.25) is 19.3 Å². The molecule has 0 aromatic heterocycles. The number of benzene rings is 1. The van der Waals surface area contributed by atoms with Crippen molar-refractivity contribution in [1.82, 2.24) is 10.2 Å². The Morgan fingerprint density at radius 3 is 2.68 bits per heavy atom. The van der Waals surface area contributed by atoms with Crippen LogP contribution in [0, 0.1) is 0 Å². The van der Waals surface area contributed by atoms with E-state index in [1.54, 1.807) is 29.2 Å². The molecule has 0 bridgehead atoms. The van der Waals surface area contributed by atoms with Crippen molar-refractivity contribution < 1.29 is 19.5 Å². The minimum absolute atomic E-state index is 0.0372. The summed E-state index contributed by atoms with van der Waals surface area (Å²) >= 11 is 0. The lowest BCUT2D eigenvalue weighted by molar-refractivity contribution is -0.145. The molecule has 25 heavy (non-hydrogen) atoms. The Morgan fingerprint density at radius 2 is 1.96 bits per heavy atom. The molecular weight excluding hydrogens is 322 g/mol. The highest BCUT2D eigenvalue weighted by Gasteiger charge is 2.29. The van der Waals surface area contributed by atoms with Gasteiger partial charge in [-0.2, -0.15) is 0 Å². The summed E-state index contributed by atoms with van der Waals surface area (Å²) in [6.45, 7) is 0.643. The van der Waals surface area contributed by atoms with Crippen LogP contribution >= 0.6 is 0 Å². The maximum absolute atomic E-state index is 12.3. The van der Waals surface area contributed by atoms with Crippen molar-refractivity contribution in [3.63, 3.8) is 0 Å². The minimum atomic E-state index is -0.883. The van der Waals surface area contributed by atoms with Crippen molar-refractivity contribution in [2.24, 2.45) is 0 Å². The third kappa shape index (κ3) is 4.79. The Hall–Kier alpha value is -2.41. The number of amides is 2. The van der Waals surface area contributed by atoms with E-state index < -0.39 is 12.0 Å². The lowest BCUT2D eigenvalue weighted by atomic mass is 10.0. The summed E-state index contributed by atoms with van der Waals surface area (Å²) in [7, 11) is 0. The quantitative estimate of drug-likeness (QED) is 0.725. The summed E-state index contributed by atoms with van der Waals surface area (Å²) in [4.78, 5) is 37.3. The van der Waals surface area contributed by atoms with Crippen molar-refractivity contribution in [3.8, 4) is 0 Å².